The van der Waals surface area contributed by atoms with Crippen LogP contribution in [0.1, 0.15) is 0 Å². The van der Waals surface area contributed by atoms with E-state index in [9.17, 15) is 14.9 Å². The number of nitrogens with zero attached hydrogens (tertiary/aromatic N) is 2. The molecule has 1 fully saturated rings. The monoisotopic (exact) mass is 258 g/mol. The molecule has 7 heteroatoms. The van der Waals surface area contributed by atoms with Gasteiger partial charge in [0.2, 0.25) is 0 Å². The third-order valence-corrected chi connectivity index (χ3v) is 3.35. The van der Waals surface area contributed by atoms with Crippen molar-refractivity contribution in [1.82, 2.24) is 0 Å². The van der Waals surface area contributed by atoms with E-state index in [4.69, 9.17) is 11.6 Å². The van der Waals surface area contributed by atoms with E-state index in [0.29, 0.717) is 18.0 Å². The lowest BCUT2D eigenvalue weighted by molar-refractivity contribution is -0.384. The Morgan fingerprint density at radius 2 is 2.25 bits per heavy atom. The lowest BCUT2D eigenvalue weighted by Crippen LogP contribution is -2.22. The number of non-ortho nitro benzene ring substituents is 1. The van der Waals surface area contributed by atoms with Crippen molar-refractivity contribution < 1.29 is 9.72 Å². The molecule has 1 saturated heterocycles. The highest BCUT2D eigenvalue weighted by molar-refractivity contribution is 8.14. The summed E-state index contributed by atoms with van der Waals surface area (Å²) in [4.78, 5) is 23.0. The first-order valence-corrected chi connectivity index (χ1v) is 5.84. The molecule has 1 amide bonds. The molecule has 0 aliphatic carbocycles. The molecular formula is C9H7ClN2O3S. The quantitative estimate of drug-likeness (QED) is 0.604. The van der Waals surface area contributed by atoms with E-state index in [1.807, 2.05) is 0 Å². The minimum atomic E-state index is -0.518. The van der Waals surface area contributed by atoms with Gasteiger partial charge in [-0.3, -0.25) is 14.9 Å². The number of rotatable bonds is 2. The maximum atomic E-state index is 11.4. The number of thioether (sulfide) groups is 1. The number of halogens is 1. The van der Waals surface area contributed by atoms with Crippen LogP contribution in [0.4, 0.5) is 16.2 Å². The summed E-state index contributed by atoms with van der Waals surface area (Å²) in [5.74, 6) is 0.714. The predicted octanol–water partition coefficient (Wildman–Crippen LogP) is 2.92. The van der Waals surface area contributed by atoms with Crippen LogP contribution >= 0.6 is 23.4 Å². The Bertz CT molecular complexity index is 466. The molecule has 0 bridgehead atoms. The number of hydrogen-bond donors (Lipinski definition) is 0. The molecule has 0 radical (unpaired) electrons. The zero-order valence-electron chi connectivity index (χ0n) is 8.05. The van der Waals surface area contributed by atoms with Crippen LogP contribution in [0.3, 0.4) is 0 Å². The Labute approximate surface area is 101 Å². The van der Waals surface area contributed by atoms with Gasteiger partial charge in [-0.1, -0.05) is 23.4 Å². The van der Waals surface area contributed by atoms with Gasteiger partial charge in [0.25, 0.3) is 10.9 Å². The zero-order valence-corrected chi connectivity index (χ0v) is 9.62. The van der Waals surface area contributed by atoms with Crippen molar-refractivity contribution >= 4 is 40.0 Å². The number of anilines is 1. The summed E-state index contributed by atoms with van der Waals surface area (Å²) in [6.07, 6.45) is 0. The second kappa shape index (κ2) is 4.31. The summed E-state index contributed by atoms with van der Waals surface area (Å²) in [7, 11) is 0. The average molecular weight is 259 g/mol. The van der Waals surface area contributed by atoms with E-state index in [2.05, 4.69) is 0 Å². The molecule has 1 heterocycles. The SMILES string of the molecule is O=C1SCCN1c1ccc([N+](=O)[O-])cc1Cl. The van der Waals surface area contributed by atoms with Crippen molar-refractivity contribution in [2.24, 2.45) is 0 Å². The van der Waals surface area contributed by atoms with Gasteiger partial charge in [0, 0.05) is 24.4 Å². The lowest BCUT2D eigenvalue weighted by Gasteiger charge is -2.15. The van der Waals surface area contributed by atoms with Crippen LogP contribution in [0.15, 0.2) is 18.2 Å². The van der Waals surface area contributed by atoms with Crippen LogP contribution in [-0.4, -0.2) is 22.5 Å². The van der Waals surface area contributed by atoms with E-state index in [1.165, 1.54) is 34.9 Å². The van der Waals surface area contributed by atoms with Crippen LogP contribution in [0.2, 0.25) is 5.02 Å². The molecule has 0 N–H and O–H groups in total. The van der Waals surface area contributed by atoms with E-state index < -0.39 is 4.92 Å². The van der Waals surface area contributed by atoms with Gasteiger partial charge >= 0.3 is 0 Å². The fraction of sp³-hybridized carbons (Fsp3) is 0.222. The molecule has 84 valence electrons. The van der Waals surface area contributed by atoms with Gasteiger partial charge in [0.05, 0.1) is 15.6 Å². The van der Waals surface area contributed by atoms with Gasteiger partial charge in [0.15, 0.2) is 0 Å². The zero-order chi connectivity index (χ0) is 11.7. The maximum Gasteiger partial charge on any atom is 0.286 e. The molecule has 16 heavy (non-hydrogen) atoms. The first-order valence-electron chi connectivity index (χ1n) is 4.48. The van der Waals surface area contributed by atoms with Gasteiger partial charge in [0.1, 0.15) is 0 Å². The molecule has 1 aliphatic rings. The second-order valence-corrected chi connectivity index (χ2v) is 4.61. The van der Waals surface area contributed by atoms with Crippen molar-refractivity contribution in [1.29, 1.82) is 0 Å². The van der Waals surface area contributed by atoms with E-state index >= 15 is 0 Å². The van der Waals surface area contributed by atoms with Gasteiger partial charge in [-0.15, -0.1) is 0 Å². The normalized spacial score (nSPS) is 15.6. The number of amides is 1. The molecule has 0 spiro atoms. The summed E-state index contributed by atoms with van der Waals surface area (Å²) in [5.41, 5.74) is 0.454. The highest BCUT2D eigenvalue weighted by Gasteiger charge is 2.25. The standard InChI is InChI=1S/C9H7ClN2O3S/c10-7-5-6(12(14)15)1-2-8(7)11-3-4-16-9(11)13/h1-2,5H,3-4H2. The van der Waals surface area contributed by atoms with Crippen molar-refractivity contribution in [3.05, 3.63) is 33.3 Å². The molecule has 0 atom stereocenters. The first kappa shape index (κ1) is 11.2. The van der Waals surface area contributed by atoms with Crippen LogP contribution < -0.4 is 4.90 Å². The van der Waals surface area contributed by atoms with Crippen molar-refractivity contribution in [2.45, 2.75) is 0 Å². The Morgan fingerprint density at radius 1 is 1.50 bits per heavy atom. The second-order valence-electron chi connectivity index (χ2n) is 3.16. The van der Waals surface area contributed by atoms with Crippen LogP contribution in [0, 0.1) is 10.1 Å². The molecule has 0 saturated carbocycles. The third-order valence-electron chi connectivity index (χ3n) is 2.19. The van der Waals surface area contributed by atoms with E-state index in [1.54, 1.807) is 0 Å². The largest absolute Gasteiger partial charge is 0.301 e. The molecule has 2 rings (SSSR count). The molecule has 0 aromatic heterocycles. The topological polar surface area (TPSA) is 63.5 Å². The summed E-state index contributed by atoms with van der Waals surface area (Å²) < 4.78 is 0. The average Bonchev–Trinajstić information content (AvgIpc) is 2.64. The van der Waals surface area contributed by atoms with Crippen LogP contribution in [0.25, 0.3) is 0 Å². The highest BCUT2D eigenvalue weighted by atomic mass is 35.5. The van der Waals surface area contributed by atoms with Crippen molar-refractivity contribution in [3.8, 4) is 0 Å². The molecule has 0 unspecified atom stereocenters. The number of hydrogen-bond acceptors (Lipinski definition) is 4. The lowest BCUT2D eigenvalue weighted by atomic mass is 10.2. The Hall–Kier alpha value is -1.27. The number of carbonyl (C=O) groups is 1. The highest BCUT2D eigenvalue weighted by Crippen LogP contribution is 2.33. The van der Waals surface area contributed by atoms with Gasteiger partial charge in [-0.2, -0.15) is 0 Å². The number of benzene rings is 1. The van der Waals surface area contributed by atoms with E-state index in [-0.39, 0.29) is 15.9 Å². The fourth-order valence-corrected chi connectivity index (χ4v) is 2.51. The summed E-state index contributed by atoms with van der Waals surface area (Å²) in [6, 6.07) is 4.11. The minimum absolute atomic E-state index is 0.0734. The third kappa shape index (κ3) is 1.98. The molecule has 5 nitrogen and oxygen atoms in total. The van der Waals surface area contributed by atoms with Gasteiger partial charge in [-0.25, -0.2) is 0 Å². The fourth-order valence-electron chi connectivity index (χ4n) is 1.44. The summed E-state index contributed by atoms with van der Waals surface area (Å²) in [6.45, 7) is 0.584. The smallest absolute Gasteiger partial charge is 0.286 e. The number of nitro benzene ring substituents is 1. The number of nitro groups is 1. The van der Waals surface area contributed by atoms with Crippen molar-refractivity contribution in [3.63, 3.8) is 0 Å². The summed E-state index contributed by atoms with van der Waals surface area (Å²) >= 11 is 7.13. The molecule has 1 aromatic rings. The van der Waals surface area contributed by atoms with Gasteiger partial charge < -0.3 is 4.90 Å². The Kier molecular flexibility index (Phi) is 3.02. The minimum Gasteiger partial charge on any atom is -0.301 e. The summed E-state index contributed by atoms with van der Waals surface area (Å²) in [5, 5.41) is 10.7. The van der Waals surface area contributed by atoms with Gasteiger partial charge in [-0.05, 0) is 6.07 Å². The number of carbonyl (C=O) groups excluding carboxylic acids is 1. The molecular weight excluding hydrogens is 252 g/mol. The molecule has 1 aliphatic heterocycles. The van der Waals surface area contributed by atoms with Crippen molar-refractivity contribution in [2.75, 3.05) is 17.2 Å². The Morgan fingerprint density at radius 3 is 2.75 bits per heavy atom. The van der Waals surface area contributed by atoms with Crippen LogP contribution in [0.5, 0.6) is 0 Å². The van der Waals surface area contributed by atoms with Crippen LogP contribution in [-0.2, 0) is 0 Å². The maximum absolute atomic E-state index is 11.4. The molecule has 1 aromatic carbocycles. The predicted molar refractivity (Wildman–Crippen MR) is 63.3 cm³/mol. The first-order chi connectivity index (χ1) is 7.59. The van der Waals surface area contributed by atoms with E-state index in [0.717, 1.165) is 0 Å². The Balaban J connectivity index is 2.36.